The normalized spacial score (nSPS) is 11.5. The number of carbonyl (C=O) groups excluding carboxylic acids is 2. The van der Waals surface area contributed by atoms with Crippen molar-refractivity contribution in [2.45, 2.75) is 40.7 Å². The molecule has 0 saturated carbocycles. The zero-order valence-corrected chi connectivity index (χ0v) is 18.6. The lowest BCUT2D eigenvalue weighted by molar-refractivity contribution is -0.122. The Balaban J connectivity index is 1.73. The van der Waals surface area contributed by atoms with Crippen LogP contribution in [-0.2, 0) is 4.79 Å². The highest BCUT2D eigenvalue weighted by molar-refractivity contribution is 6.10. The van der Waals surface area contributed by atoms with Gasteiger partial charge in [0.25, 0.3) is 11.8 Å². The molecule has 0 bridgehead atoms. The van der Waals surface area contributed by atoms with E-state index in [-0.39, 0.29) is 11.8 Å². The van der Waals surface area contributed by atoms with Gasteiger partial charge in [0.2, 0.25) is 0 Å². The van der Waals surface area contributed by atoms with Crippen LogP contribution in [-0.4, -0.2) is 17.9 Å². The quantitative estimate of drug-likeness (QED) is 0.551. The summed E-state index contributed by atoms with van der Waals surface area (Å²) < 4.78 is 5.87. The van der Waals surface area contributed by atoms with Crippen LogP contribution in [0.3, 0.4) is 0 Å². The molecule has 0 saturated heterocycles. The number of hydrogen-bond acceptors (Lipinski definition) is 3. The van der Waals surface area contributed by atoms with Gasteiger partial charge >= 0.3 is 0 Å². The smallest absolute Gasteiger partial charge is 0.265 e. The highest BCUT2D eigenvalue weighted by Gasteiger charge is 2.19. The van der Waals surface area contributed by atoms with Crippen LogP contribution in [0.1, 0.15) is 39.5 Å². The Morgan fingerprint density at radius 1 is 0.806 bits per heavy atom. The molecule has 5 nitrogen and oxygen atoms in total. The first-order chi connectivity index (χ1) is 14.7. The fourth-order valence-electron chi connectivity index (χ4n) is 3.12. The molecule has 1 atom stereocenters. The highest BCUT2D eigenvalue weighted by Crippen LogP contribution is 2.22. The van der Waals surface area contributed by atoms with Crippen LogP contribution in [0.2, 0.25) is 0 Å². The Kier molecular flexibility index (Phi) is 6.75. The Bertz CT molecular complexity index is 1120. The van der Waals surface area contributed by atoms with Crippen LogP contribution in [0, 0.1) is 27.7 Å². The first-order valence-electron chi connectivity index (χ1n) is 10.3. The van der Waals surface area contributed by atoms with Crippen molar-refractivity contribution < 1.29 is 14.3 Å². The zero-order chi connectivity index (χ0) is 22.5. The molecular weight excluding hydrogens is 388 g/mol. The van der Waals surface area contributed by atoms with Crippen LogP contribution in [0.15, 0.2) is 60.7 Å². The second kappa shape index (κ2) is 9.47. The summed E-state index contributed by atoms with van der Waals surface area (Å²) in [6.07, 6.45) is -0.726. The Morgan fingerprint density at radius 3 is 2.26 bits per heavy atom. The number of benzene rings is 3. The van der Waals surface area contributed by atoms with E-state index in [9.17, 15) is 9.59 Å². The standard InChI is InChI=1S/C26H28N2O3/c1-16-10-11-18(3)24(14-16)31-20(5)25(29)28-23-9-7-6-8-22(23)26(30)27-21-13-12-17(2)19(4)15-21/h6-15,20H,1-5H3,(H,27,30)(H,28,29). The van der Waals surface area contributed by atoms with E-state index in [1.54, 1.807) is 31.2 Å². The molecule has 3 rings (SSSR count). The molecule has 0 aliphatic rings. The average molecular weight is 417 g/mol. The highest BCUT2D eigenvalue weighted by atomic mass is 16.5. The number of rotatable bonds is 6. The van der Waals surface area contributed by atoms with Crippen molar-refractivity contribution in [1.82, 2.24) is 0 Å². The van der Waals surface area contributed by atoms with Gasteiger partial charge in [-0.3, -0.25) is 9.59 Å². The molecule has 31 heavy (non-hydrogen) atoms. The molecule has 2 N–H and O–H groups in total. The summed E-state index contributed by atoms with van der Waals surface area (Å²) in [4.78, 5) is 25.6. The largest absolute Gasteiger partial charge is 0.481 e. The maximum Gasteiger partial charge on any atom is 0.265 e. The third kappa shape index (κ3) is 5.51. The molecule has 1 unspecified atom stereocenters. The summed E-state index contributed by atoms with van der Waals surface area (Å²) in [6.45, 7) is 9.62. The maximum atomic E-state index is 12.9. The van der Waals surface area contributed by atoms with Crippen molar-refractivity contribution in [2.24, 2.45) is 0 Å². The Morgan fingerprint density at radius 2 is 1.52 bits per heavy atom. The third-order valence-electron chi connectivity index (χ3n) is 5.21. The molecule has 2 amide bonds. The van der Waals surface area contributed by atoms with Crippen molar-refractivity contribution in [3.8, 4) is 5.75 Å². The van der Waals surface area contributed by atoms with Gasteiger partial charge in [-0.15, -0.1) is 0 Å². The fraction of sp³-hybridized carbons (Fsp3) is 0.231. The van der Waals surface area contributed by atoms with E-state index in [0.717, 1.165) is 22.3 Å². The molecule has 0 heterocycles. The topological polar surface area (TPSA) is 67.4 Å². The number of amides is 2. The van der Waals surface area contributed by atoms with Crippen molar-refractivity contribution in [2.75, 3.05) is 10.6 Å². The Labute approximate surface area is 183 Å². The summed E-state index contributed by atoms with van der Waals surface area (Å²) >= 11 is 0. The molecule has 5 heteroatoms. The lowest BCUT2D eigenvalue weighted by Gasteiger charge is -2.18. The van der Waals surface area contributed by atoms with Crippen LogP contribution in [0.25, 0.3) is 0 Å². The van der Waals surface area contributed by atoms with Gasteiger partial charge in [-0.05, 0) is 87.2 Å². The number of aryl methyl sites for hydroxylation is 4. The number of hydrogen-bond donors (Lipinski definition) is 2. The van der Waals surface area contributed by atoms with Crippen molar-refractivity contribution in [3.63, 3.8) is 0 Å². The molecule has 0 spiro atoms. The van der Waals surface area contributed by atoms with Crippen LogP contribution in [0.4, 0.5) is 11.4 Å². The van der Waals surface area contributed by atoms with Gasteiger partial charge in [0, 0.05) is 5.69 Å². The summed E-state index contributed by atoms with van der Waals surface area (Å²) in [7, 11) is 0. The van der Waals surface area contributed by atoms with Crippen LogP contribution in [0.5, 0.6) is 5.75 Å². The summed E-state index contributed by atoms with van der Waals surface area (Å²) in [5, 5.41) is 5.73. The van der Waals surface area contributed by atoms with Crippen LogP contribution < -0.4 is 15.4 Å². The van der Waals surface area contributed by atoms with Crippen molar-refractivity contribution in [1.29, 1.82) is 0 Å². The molecule has 0 aromatic heterocycles. The van der Waals surface area contributed by atoms with Gasteiger partial charge in [0.1, 0.15) is 5.75 Å². The predicted molar refractivity (Wildman–Crippen MR) is 125 cm³/mol. The molecule has 0 aliphatic carbocycles. The van der Waals surface area contributed by atoms with Crippen LogP contribution >= 0.6 is 0 Å². The molecule has 160 valence electrons. The number of para-hydroxylation sites is 1. The SMILES string of the molecule is Cc1ccc(C)c(OC(C)C(=O)Nc2ccccc2C(=O)Nc2ccc(C)c(C)c2)c1. The monoisotopic (exact) mass is 416 g/mol. The molecule has 0 fully saturated rings. The molecule has 3 aromatic rings. The zero-order valence-electron chi connectivity index (χ0n) is 18.6. The summed E-state index contributed by atoms with van der Waals surface area (Å²) in [5.74, 6) is 0.0537. The number of anilines is 2. The second-order valence-corrected chi connectivity index (χ2v) is 7.82. The van der Waals surface area contributed by atoms with Gasteiger partial charge in [0.15, 0.2) is 6.10 Å². The van der Waals surface area contributed by atoms with Gasteiger partial charge in [-0.1, -0.05) is 30.3 Å². The minimum Gasteiger partial charge on any atom is -0.481 e. The minimum absolute atomic E-state index is 0.290. The lowest BCUT2D eigenvalue weighted by atomic mass is 10.1. The first-order valence-corrected chi connectivity index (χ1v) is 10.3. The first kappa shape index (κ1) is 22.1. The van der Waals surface area contributed by atoms with Gasteiger partial charge in [-0.25, -0.2) is 0 Å². The van der Waals surface area contributed by atoms with E-state index >= 15 is 0 Å². The third-order valence-corrected chi connectivity index (χ3v) is 5.21. The lowest BCUT2D eigenvalue weighted by Crippen LogP contribution is -2.31. The minimum atomic E-state index is -0.726. The predicted octanol–water partition coefficient (Wildman–Crippen LogP) is 5.58. The van der Waals surface area contributed by atoms with Crippen molar-refractivity contribution >= 4 is 23.2 Å². The Hall–Kier alpha value is -3.60. The van der Waals surface area contributed by atoms with E-state index in [1.807, 2.05) is 64.1 Å². The number of nitrogens with one attached hydrogen (secondary N) is 2. The number of ether oxygens (including phenoxy) is 1. The van der Waals surface area contributed by atoms with E-state index in [1.165, 1.54) is 0 Å². The van der Waals surface area contributed by atoms with Gasteiger partial charge < -0.3 is 15.4 Å². The molecule has 3 aromatic carbocycles. The molecule has 0 radical (unpaired) electrons. The van der Waals surface area contributed by atoms with E-state index < -0.39 is 6.10 Å². The summed E-state index contributed by atoms with van der Waals surface area (Å²) in [5.41, 5.74) is 5.79. The summed E-state index contributed by atoms with van der Waals surface area (Å²) in [6, 6.07) is 18.5. The van der Waals surface area contributed by atoms with E-state index in [4.69, 9.17) is 4.74 Å². The fourth-order valence-corrected chi connectivity index (χ4v) is 3.12. The second-order valence-electron chi connectivity index (χ2n) is 7.82. The maximum absolute atomic E-state index is 12.9. The van der Waals surface area contributed by atoms with E-state index in [0.29, 0.717) is 22.7 Å². The number of carbonyl (C=O) groups is 2. The van der Waals surface area contributed by atoms with Gasteiger partial charge in [-0.2, -0.15) is 0 Å². The molecular formula is C26H28N2O3. The van der Waals surface area contributed by atoms with Crippen molar-refractivity contribution in [3.05, 3.63) is 88.5 Å². The average Bonchev–Trinajstić information content (AvgIpc) is 2.73. The van der Waals surface area contributed by atoms with Gasteiger partial charge in [0.05, 0.1) is 11.3 Å². The molecule has 0 aliphatic heterocycles. The van der Waals surface area contributed by atoms with E-state index in [2.05, 4.69) is 10.6 Å².